The molecule has 7 heteroatoms. The van der Waals surface area contributed by atoms with Gasteiger partial charge in [-0.3, -0.25) is 9.59 Å². The van der Waals surface area contributed by atoms with E-state index in [9.17, 15) is 9.59 Å². The SMILES string of the molecule is O=C(O)CSc1nc(=O)ccn1CC1CCCCO1. The van der Waals surface area contributed by atoms with E-state index < -0.39 is 5.97 Å². The molecule has 1 saturated heterocycles. The highest BCUT2D eigenvalue weighted by Crippen LogP contribution is 2.18. The number of hydrogen-bond acceptors (Lipinski definition) is 5. The molecule has 1 aromatic rings. The van der Waals surface area contributed by atoms with Crippen molar-refractivity contribution in [1.82, 2.24) is 9.55 Å². The summed E-state index contributed by atoms with van der Waals surface area (Å²) >= 11 is 1.05. The third-order valence-electron chi connectivity index (χ3n) is 2.85. The molecule has 1 atom stereocenters. The van der Waals surface area contributed by atoms with Gasteiger partial charge in [-0.1, -0.05) is 11.8 Å². The molecule has 104 valence electrons. The van der Waals surface area contributed by atoms with E-state index in [1.807, 2.05) is 0 Å². The summed E-state index contributed by atoms with van der Waals surface area (Å²) in [7, 11) is 0. The summed E-state index contributed by atoms with van der Waals surface area (Å²) in [6, 6.07) is 1.38. The Hall–Kier alpha value is -1.34. The lowest BCUT2D eigenvalue weighted by atomic mass is 10.1. The Labute approximate surface area is 114 Å². The maximum absolute atomic E-state index is 11.3. The van der Waals surface area contributed by atoms with E-state index in [1.54, 1.807) is 10.8 Å². The molecule has 0 radical (unpaired) electrons. The van der Waals surface area contributed by atoms with Crippen molar-refractivity contribution in [2.45, 2.75) is 37.1 Å². The molecular weight excluding hydrogens is 268 g/mol. The first-order valence-corrected chi connectivity index (χ1v) is 7.17. The van der Waals surface area contributed by atoms with Crippen LogP contribution in [0.1, 0.15) is 19.3 Å². The standard InChI is InChI=1S/C12H16N2O4S/c15-10-4-5-14(7-9-3-1-2-6-18-9)12(13-10)19-8-11(16)17/h4-5,9H,1-3,6-8H2,(H,16,17). The number of aromatic nitrogens is 2. The Kier molecular flexibility index (Phi) is 4.98. The normalized spacial score (nSPS) is 19.3. The third-order valence-corrected chi connectivity index (χ3v) is 3.82. The van der Waals surface area contributed by atoms with Crippen molar-refractivity contribution in [3.63, 3.8) is 0 Å². The summed E-state index contributed by atoms with van der Waals surface area (Å²) in [6.45, 7) is 1.37. The first-order valence-electron chi connectivity index (χ1n) is 6.19. The minimum atomic E-state index is -0.927. The van der Waals surface area contributed by atoms with E-state index in [4.69, 9.17) is 9.84 Å². The highest BCUT2D eigenvalue weighted by molar-refractivity contribution is 7.99. The minimum absolute atomic E-state index is 0.109. The second kappa shape index (κ2) is 6.72. The summed E-state index contributed by atoms with van der Waals surface area (Å²) in [4.78, 5) is 25.7. The summed E-state index contributed by atoms with van der Waals surface area (Å²) in [5, 5.41) is 9.13. The van der Waals surface area contributed by atoms with Gasteiger partial charge in [-0.05, 0) is 19.3 Å². The predicted molar refractivity (Wildman–Crippen MR) is 70.4 cm³/mol. The van der Waals surface area contributed by atoms with Gasteiger partial charge in [-0.15, -0.1) is 0 Å². The number of carboxylic acid groups (broad SMARTS) is 1. The second-order valence-corrected chi connectivity index (χ2v) is 5.31. The number of thioether (sulfide) groups is 1. The van der Waals surface area contributed by atoms with Gasteiger partial charge in [0.1, 0.15) is 0 Å². The molecule has 0 spiro atoms. The van der Waals surface area contributed by atoms with Gasteiger partial charge in [0, 0.05) is 18.9 Å². The van der Waals surface area contributed by atoms with Crippen molar-refractivity contribution in [1.29, 1.82) is 0 Å². The number of aliphatic carboxylic acids is 1. The van der Waals surface area contributed by atoms with E-state index in [0.29, 0.717) is 11.7 Å². The predicted octanol–water partition coefficient (Wildman–Crippen LogP) is 0.989. The summed E-state index contributed by atoms with van der Waals surface area (Å²) in [6.07, 6.45) is 4.96. The molecule has 0 saturated carbocycles. The fraction of sp³-hybridized carbons (Fsp3) is 0.583. The topological polar surface area (TPSA) is 81.4 Å². The molecule has 0 aliphatic carbocycles. The lowest BCUT2D eigenvalue weighted by Gasteiger charge is -2.24. The smallest absolute Gasteiger partial charge is 0.313 e. The van der Waals surface area contributed by atoms with E-state index in [1.165, 1.54) is 6.07 Å². The van der Waals surface area contributed by atoms with Gasteiger partial charge in [0.25, 0.3) is 5.56 Å². The Morgan fingerprint density at radius 1 is 1.58 bits per heavy atom. The van der Waals surface area contributed by atoms with Crippen molar-refractivity contribution < 1.29 is 14.6 Å². The summed E-state index contributed by atoms with van der Waals surface area (Å²) in [5.74, 6) is -1.04. The van der Waals surface area contributed by atoms with E-state index >= 15 is 0 Å². The molecule has 1 N–H and O–H groups in total. The summed E-state index contributed by atoms with van der Waals surface area (Å²) < 4.78 is 7.44. The van der Waals surface area contributed by atoms with Gasteiger partial charge in [0.15, 0.2) is 5.16 Å². The quantitative estimate of drug-likeness (QED) is 0.641. The monoisotopic (exact) mass is 284 g/mol. The summed E-state index contributed by atoms with van der Waals surface area (Å²) in [5.41, 5.74) is -0.353. The second-order valence-electron chi connectivity index (χ2n) is 4.37. The van der Waals surface area contributed by atoms with Crippen LogP contribution in [0.5, 0.6) is 0 Å². The molecule has 0 amide bonds. The number of carboxylic acids is 1. The van der Waals surface area contributed by atoms with E-state index in [2.05, 4.69) is 4.98 Å². The van der Waals surface area contributed by atoms with Crippen LogP contribution >= 0.6 is 11.8 Å². The molecule has 1 unspecified atom stereocenters. The highest BCUT2D eigenvalue weighted by atomic mass is 32.2. The van der Waals surface area contributed by atoms with Crippen LogP contribution in [-0.4, -0.2) is 39.1 Å². The van der Waals surface area contributed by atoms with Crippen LogP contribution in [0, 0.1) is 0 Å². The largest absolute Gasteiger partial charge is 0.481 e. The van der Waals surface area contributed by atoms with Crippen LogP contribution in [0.4, 0.5) is 0 Å². The molecule has 19 heavy (non-hydrogen) atoms. The molecule has 1 aliphatic rings. The minimum Gasteiger partial charge on any atom is -0.481 e. The van der Waals surface area contributed by atoms with Crippen LogP contribution in [0.2, 0.25) is 0 Å². The molecule has 6 nitrogen and oxygen atoms in total. The number of ether oxygens (including phenoxy) is 1. The Morgan fingerprint density at radius 3 is 3.11 bits per heavy atom. The molecular formula is C12H16N2O4S. The zero-order valence-corrected chi connectivity index (χ0v) is 11.3. The number of carbonyl (C=O) groups is 1. The average Bonchev–Trinajstić information content (AvgIpc) is 2.40. The zero-order valence-electron chi connectivity index (χ0n) is 10.4. The third kappa shape index (κ3) is 4.36. The van der Waals surface area contributed by atoms with Gasteiger partial charge in [0.05, 0.1) is 18.4 Å². The van der Waals surface area contributed by atoms with Crippen molar-refractivity contribution >= 4 is 17.7 Å². The Balaban J connectivity index is 2.08. The van der Waals surface area contributed by atoms with E-state index in [-0.39, 0.29) is 17.4 Å². The van der Waals surface area contributed by atoms with Gasteiger partial charge >= 0.3 is 5.97 Å². The van der Waals surface area contributed by atoms with Crippen LogP contribution in [-0.2, 0) is 16.1 Å². The first-order chi connectivity index (χ1) is 9.15. The van der Waals surface area contributed by atoms with Crippen molar-refractivity contribution in [3.8, 4) is 0 Å². The Bertz CT molecular complexity index is 497. The van der Waals surface area contributed by atoms with Gasteiger partial charge < -0.3 is 14.4 Å². The maximum atomic E-state index is 11.3. The molecule has 2 rings (SSSR count). The van der Waals surface area contributed by atoms with E-state index in [0.717, 1.165) is 37.6 Å². The molecule has 0 bridgehead atoms. The van der Waals surface area contributed by atoms with Crippen LogP contribution in [0.25, 0.3) is 0 Å². The van der Waals surface area contributed by atoms with Gasteiger partial charge in [0.2, 0.25) is 0 Å². The lowest BCUT2D eigenvalue weighted by molar-refractivity contribution is -0.133. The van der Waals surface area contributed by atoms with Crippen molar-refractivity contribution in [2.24, 2.45) is 0 Å². The fourth-order valence-electron chi connectivity index (χ4n) is 1.96. The van der Waals surface area contributed by atoms with Crippen LogP contribution < -0.4 is 5.56 Å². The number of hydrogen-bond donors (Lipinski definition) is 1. The highest BCUT2D eigenvalue weighted by Gasteiger charge is 2.16. The van der Waals surface area contributed by atoms with Crippen molar-refractivity contribution in [2.75, 3.05) is 12.4 Å². The maximum Gasteiger partial charge on any atom is 0.313 e. The zero-order chi connectivity index (χ0) is 13.7. The van der Waals surface area contributed by atoms with Crippen molar-refractivity contribution in [3.05, 3.63) is 22.6 Å². The Morgan fingerprint density at radius 2 is 2.42 bits per heavy atom. The van der Waals surface area contributed by atoms with Gasteiger partial charge in [-0.25, -0.2) is 0 Å². The molecule has 0 aromatic carbocycles. The molecule has 1 aromatic heterocycles. The molecule has 1 fully saturated rings. The molecule has 1 aliphatic heterocycles. The van der Waals surface area contributed by atoms with Gasteiger partial charge in [-0.2, -0.15) is 4.98 Å². The molecule has 2 heterocycles. The lowest BCUT2D eigenvalue weighted by Crippen LogP contribution is -2.26. The number of nitrogens with zero attached hydrogens (tertiary/aromatic N) is 2. The number of rotatable bonds is 5. The van der Waals surface area contributed by atoms with Crippen LogP contribution in [0.15, 0.2) is 22.2 Å². The van der Waals surface area contributed by atoms with Crippen LogP contribution in [0.3, 0.4) is 0 Å². The average molecular weight is 284 g/mol. The first kappa shape index (κ1) is 14.1. The fourth-order valence-corrected chi connectivity index (χ4v) is 2.67.